The fourth-order valence-corrected chi connectivity index (χ4v) is 18.7. The maximum absolute atomic E-state index is 2.49. The van der Waals surface area contributed by atoms with E-state index < -0.39 is 0 Å². The first-order valence-electron chi connectivity index (χ1n) is 35.1. The molecule has 2 heteroatoms. The number of benzene rings is 18. The third kappa shape index (κ3) is 10.1. The predicted octanol–water partition coefficient (Wildman–Crippen LogP) is 29.4. The molecule has 2 aromatic heterocycles. The van der Waals surface area contributed by atoms with Gasteiger partial charge in [-0.1, -0.05) is 309 Å². The van der Waals surface area contributed by atoms with Gasteiger partial charge in [0.2, 0.25) is 0 Å². The van der Waals surface area contributed by atoms with E-state index in [0.29, 0.717) is 0 Å². The number of fused-ring (bicyclic) bond motifs is 10. The highest BCUT2D eigenvalue weighted by atomic mass is 32.1. The Kier molecular flexibility index (Phi) is 14.4. The van der Waals surface area contributed by atoms with Crippen LogP contribution >= 0.6 is 22.7 Å². The van der Waals surface area contributed by atoms with Crippen molar-refractivity contribution in [2.45, 2.75) is 0 Å². The smallest absolute Gasteiger partial charge is 0.0361 e. The van der Waals surface area contributed by atoms with Gasteiger partial charge in [0.15, 0.2) is 0 Å². The van der Waals surface area contributed by atoms with Crippen LogP contribution in [0.1, 0.15) is 0 Å². The lowest BCUT2D eigenvalue weighted by atomic mass is 9.82. The van der Waals surface area contributed by atoms with Gasteiger partial charge in [-0.05, 0) is 232 Å². The van der Waals surface area contributed by atoms with Crippen molar-refractivity contribution in [3.8, 4) is 122 Å². The van der Waals surface area contributed by atoms with Crippen molar-refractivity contribution in [3.05, 3.63) is 376 Å². The van der Waals surface area contributed by atoms with Gasteiger partial charge in [0.25, 0.3) is 0 Å². The zero-order valence-corrected chi connectivity index (χ0v) is 57.2. The minimum absolute atomic E-state index is 1.16. The third-order valence-electron chi connectivity index (χ3n) is 21.0. The Morgan fingerprint density at radius 2 is 0.402 bits per heavy atom. The van der Waals surface area contributed by atoms with Crippen LogP contribution in [0, 0.1) is 0 Å². The van der Waals surface area contributed by atoms with Gasteiger partial charge in [-0.25, -0.2) is 0 Å². The largest absolute Gasteiger partial charge is 0.135 e. The SMILES string of the molecule is c1ccc(-c2cccc(-c3c4ccccc4c(-c4cccc(-c5cccc(-c6cccc(-c7cccc(-c8c9ccccc9c(-c9ccccc9-c9ccccc9)c9ccc(-c%10cccc%11sc%12ccccc%12c%10%11)cc89)c7)c6)c5)c4)c4ccc(-c5cccc6sc7ccccc7c56)cc34)c2)cc1. The molecule has 0 bridgehead atoms. The molecular weight excluding hydrogens is 1270 g/mol. The summed E-state index contributed by atoms with van der Waals surface area (Å²) in [6.45, 7) is 0. The number of rotatable bonds is 11. The van der Waals surface area contributed by atoms with E-state index in [4.69, 9.17) is 0 Å². The van der Waals surface area contributed by atoms with Crippen LogP contribution < -0.4 is 0 Å². The first-order valence-corrected chi connectivity index (χ1v) is 36.7. The lowest BCUT2D eigenvalue weighted by molar-refractivity contribution is 1.57. The fraction of sp³-hybridized carbons (Fsp3) is 0. The highest BCUT2D eigenvalue weighted by Crippen LogP contribution is 2.51. The molecule has 474 valence electrons. The zero-order valence-electron chi connectivity index (χ0n) is 55.6. The fourth-order valence-electron chi connectivity index (χ4n) is 16.5. The molecule has 0 saturated heterocycles. The molecule has 0 aliphatic carbocycles. The minimum Gasteiger partial charge on any atom is -0.135 e. The summed E-state index contributed by atoms with van der Waals surface area (Å²) in [5.74, 6) is 0. The molecule has 20 aromatic rings. The average Bonchev–Trinajstić information content (AvgIpc) is 0.790. The van der Waals surface area contributed by atoms with E-state index >= 15 is 0 Å². The van der Waals surface area contributed by atoms with Crippen LogP contribution in [0.5, 0.6) is 0 Å². The van der Waals surface area contributed by atoms with Gasteiger partial charge in [-0.3, -0.25) is 0 Å². The van der Waals surface area contributed by atoms with Crippen LogP contribution in [-0.4, -0.2) is 0 Å². The van der Waals surface area contributed by atoms with Crippen molar-refractivity contribution in [2.75, 3.05) is 0 Å². The summed E-state index contributed by atoms with van der Waals surface area (Å²) < 4.78 is 5.22. The van der Waals surface area contributed by atoms with E-state index in [9.17, 15) is 0 Å². The highest BCUT2D eigenvalue weighted by molar-refractivity contribution is 7.26. The van der Waals surface area contributed by atoms with Crippen molar-refractivity contribution in [3.63, 3.8) is 0 Å². The zero-order chi connectivity index (χ0) is 67.2. The molecule has 0 spiro atoms. The monoisotopic (exact) mass is 1330 g/mol. The molecule has 0 amide bonds. The van der Waals surface area contributed by atoms with Gasteiger partial charge in [-0.2, -0.15) is 0 Å². The standard InChI is InChI=1S/C100H62S2/c1-3-24-63(25-4-1)65-28-19-36-75(58-65)96-82-41-10-9-40-81(82)95(85-54-52-72(61-89(85)96)78-46-22-50-93-99(78)87-44-13-15-48-91(87)101-93)74-35-20-33-70(59-74)68-31-17-29-66(56-68)67-30-18-32-69(57-67)71-34-21-37-76(60-71)97-83-42-11-12-43-84(83)98(80-39-8-7-38-77(80)64-26-5-2-6-27-64)86-55-53-73(62-90(86)97)79-47-23-51-94-100(79)88-45-14-16-49-92(88)102-94/h1-62H. The molecule has 0 fully saturated rings. The molecule has 18 aromatic carbocycles. The topological polar surface area (TPSA) is 0 Å². The highest BCUT2D eigenvalue weighted by Gasteiger charge is 2.24. The molecule has 0 N–H and O–H groups in total. The third-order valence-corrected chi connectivity index (χ3v) is 23.3. The minimum atomic E-state index is 1.16. The normalized spacial score (nSPS) is 11.7. The summed E-state index contributed by atoms with van der Waals surface area (Å²) in [5.41, 5.74) is 26.5. The second kappa shape index (κ2) is 24.7. The van der Waals surface area contributed by atoms with Crippen LogP contribution in [-0.2, 0) is 0 Å². The van der Waals surface area contributed by atoms with E-state index in [1.165, 1.54) is 195 Å². The summed E-state index contributed by atoms with van der Waals surface area (Å²) in [6, 6.07) is 141. The molecule has 0 saturated carbocycles. The van der Waals surface area contributed by atoms with Crippen molar-refractivity contribution in [1.29, 1.82) is 0 Å². The van der Waals surface area contributed by atoms with Crippen LogP contribution in [0.2, 0.25) is 0 Å². The van der Waals surface area contributed by atoms with Crippen molar-refractivity contribution >= 4 is 106 Å². The second-order valence-electron chi connectivity index (χ2n) is 26.8. The summed E-state index contributed by atoms with van der Waals surface area (Å²) in [4.78, 5) is 0. The van der Waals surface area contributed by atoms with Crippen molar-refractivity contribution in [1.82, 2.24) is 0 Å². The summed E-state index contributed by atoms with van der Waals surface area (Å²) >= 11 is 3.75. The van der Waals surface area contributed by atoms with E-state index in [2.05, 4.69) is 376 Å². The van der Waals surface area contributed by atoms with Gasteiger partial charge in [0.05, 0.1) is 0 Å². The summed E-state index contributed by atoms with van der Waals surface area (Å²) in [7, 11) is 0. The van der Waals surface area contributed by atoms with Gasteiger partial charge >= 0.3 is 0 Å². The summed E-state index contributed by atoms with van der Waals surface area (Å²) in [5, 5.41) is 15.0. The Labute approximate surface area is 600 Å². The lowest BCUT2D eigenvalue weighted by Crippen LogP contribution is -1.94. The Balaban J connectivity index is 0.705. The Bertz CT molecular complexity index is 6740. The molecule has 2 heterocycles. The first-order chi connectivity index (χ1) is 50.6. The van der Waals surface area contributed by atoms with E-state index in [-0.39, 0.29) is 0 Å². The van der Waals surface area contributed by atoms with Crippen LogP contribution in [0.25, 0.3) is 206 Å². The van der Waals surface area contributed by atoms with Crippen LogP contribution in [0.3, 0.4) is 0 Å². The van der Waals surface area contributed by atoms with Gasteiger partial charge in [0, 0.05) is 40.3 Å². The van der Waals surface area contributed by atoms with Crippen molar-refractivity contribution < 1.29 is 0 Å². The number of hydrogen-bond donors (Lipinski definition) is 0. The molecule has 102 heavy (non-hydrogen) atoms. The van der Waals surface area contributed by atoms with Crippen LogP contribution in [0.4, 0.5) is 0 Å². The van der Waals surface area contributed by atoms with Crippen LogP contribution in [0.15, 0.2) is 376 Å². The lowest BCUT2D eigenvalue weighted by Gasteiger charge is -2.21. The maximum Gasteiger partial charge on any atom is 0.0361 e. The van der Waals surface area contributed by atoms with Gasteiger partial charge in [0.1, 0.15) is 0 Å². The molecule has 0 aliphatic heterocycles. The second-order valence-corrected chi connectivity index (χ2v) is 29.0. The average molecular weight is 1330 g/mol. The number of thiophene rings is 2. The summed E-state index contributed by atoms with van der Waals surface area (Å²) in [6.07, 6.45) is 0. The molecule has 0 atom stereocenters. The molecule has 0 unspecified atom stereocenters. The molecule has 0 radical (unpaired) electrons. The van der Waals surface area contributed by atoms with E-state index in [1.807, 2.05) is 22.7 Å². The van der Waals surface area contributed by atoms with E-state index in [0.717, 1.165) is 11.1 Å². The quantitative estimate of drug-likeness (QED) is 0.113. The molecular formula is C100H62S2. The molecule has 0 aliphatic rings. The Morgan fingerprint density at radius 1 is 0.127 bits per heavy atom. The number of hydrogen-bond acceptors (Lipinski definition) is 2. The first kappa shape index (κ1) is 59.5. The van der Waals surface area contributed by atoms with Crippen molar-refractivity contribution in [2.24, 2.45) is 0 Å². The van der Waals surface area contributed by atoms with E-state index in [1.54, 1.807) is 0 Å². The van der Waals surface area contributed by atoms with Gasteiger partial charge in [-0.15, -0.1) is 22.7 Å². The predicted molar refractivity (Wildman–Crippen MR) is 442 cm³/mol. The molecule has 20 rings (SSSR count). The Morgan fingerprint density at radius 3 is 0.843 bits per heavy atom. The Hall–Kier alpha value is -12.6. The van der Waals surface area contributed by atoms with Gasteiger partial charge < -0.3 is 0 Å². The molecule has 0 nitrogen and oxygen atoms in total. The maximum atomic E-state index is 2.49.